The van der Waals surface area contributed by atoms with E-state index < -0.39 is 83.4 Å². The molecule has 0 aliphatic carbocycles. The highest BCUT2D eigenvalue weighted by molar-refractivity contribution is 8.22. The Morgan fingerprint density at radius 3 is 0.826 bits per heavy atom. The van der Waals surface area contributed by atoms with Crippen LogP contribution in [0.2, 0.25) is 36.3 Å². The first kappa shape index (κ1) is 99.5. The summed E-state index contributed by atoms with van der Waals surface area (Å²) in [5.74, 6) is 0. The molecule has 0 unspecified atom stereocenters. The van der Waals surface area contributed by atoms with Crippen LogP contribution in [0.4, 0.5) is 24.0 Å². The maximum absolute atomic E-state index is 12.6. The third-order valence-electron chi connectivity index (χ3n) is 21.5. The molecule has 4 N–H and O–H groups in total. The van der Waals surface area contributed by atoms with Crippen LogP contribution in [-0.2, 0) is 108 Å². The second kappa shape index (κ2) is 55.2. The Balaban J connectivity index is 0.000000205. The van der Waals surface area contributed by atoms with Gasteiger partial charge in [0.1, 0.15) is 30.5 Å². The summed E-state index contributed by atoms with van der Waals surface area (Å²) in [7, 11) is -14.6. The number of thiocarbonyl (C=S) groups is 1. The zero-order valence-corrected chi connectivity index (χ0v) is 78.5. The van der Waals surface area contributed by atoms with E-state index in [0.717, 1.165) is 161 Å². The number of rotatable bonds is 33. The van der Waals surface area contributed by atoms with Crippen molar-refractivity contribution >= 4 is 112 Å². The molecule has 121 heavy (non-hydrogen) atoms. The molecule has 0 radical (unpaired) electrons. The largest absolute Gasteiger partial charge is 0.507 e. The first-order chi connectivity index (χ1) is 59.1. The number of amides is 3. The van der Waals surface area contributed by atoms with Crippen LogP contribution in [0.5, 0.6) is 0 Å². The Morgan fingerprint density at radius 2 is 0.595 bits per heavy atom. The maximum atomic E-state index is 12.6. The summed E-state index contributed by atoms with van der Waals surface area (Å²) in [6.07, 6.45) is 7.94. The molecule has 18 saturated heterocycles. The van der Waals surface area contributed by atoms with E-state index in [1.807, 2.05) is 11.2 Å². The summed E-state index contributed by atoms with van der Waals surface area (Å²) in [5, 5.41) is 11.6. The quantitative estimate of drug-likeness (QED) is 0.0255. The second-order valence-corrected chi connectivity index (χ2v) is 47.8. The lowest BCUT2D eigenvalue weighted by molar-refractivity contribution is -0.01000. The minimum Gasteiger partial charge on any atom is -0.449 e. The number of alkyl carbamates (subject to hydrolysis) is 3. The third-order valence-corrected chi connectivity index (χ3v) is 40.1. The molecule has 1 aromatic heterocycles. The molecule has 3 amide bonds. The summed E-state index contributed by atoms with van der Waals surface area (Å²) >= 11 is 6.68. The van der Waals surface area contributed by atoms with Gasteiger partial charge in [-0.15, -0.1) is 11.8 Å². The van der Waals surface area contributed by atoms with Gasteiger partial charge in [0.2, 0.25) is 0 Å². The molecule has 1 aromatic rings. The molecule has 18 aliphatic heterocycles. The smallest absolute Gasteiger partial charge is 0.449 e. The van der Waals surface area contributed by atoms with E-state index in [1.165, 1.54) is 24.2 Å². The summed E-state index contributed by atoms with van der Waals surface area (Å²) in [6, 6.07) is 4.05. The van der Waals surface area contributed by atoms with Gasteiger partial charge in [-0.05, 0) is 44.8 Å². The van der Waals surface area contributed by atoms with Crippen LogP contribution in [0.3, 0.4) is 0 Å². The summed E-state index contributed by atoms with van der Waals surface area (Å²) in [6.45, 7) is 31.4. The molecular formula is C71H133N13O29S2Si6. The van der Waals surface area contributed by atoms with Crippen molar-refractivity contribution < 1.29 is 132 Å². The van der Waals surface area contributed by atoms with Gasteiger partial charge in [-0.1, -0.05) is 12.2 Å². The predicted molar refractivity (Wildman–Crippen MR) is 453 cm³/mol. The van der Waals surface area contributed by atoms with Crippen LogP contribution in [0.25, 0.3) is 0 Å². The van der Waals surface area contributed by atoms with E-state index in [1.54, 1.807) is 18.0 Å². The van der Waals surface area contributed by atoms with E-state index in [9.17, 15) is 24.0 Å². The number of hydrogen-bond donors (Lipinski definition) is 4. The molecule has 12 bridgehead atoms. The zero-order chi connectivity index (χ0) is 84.8. The van der Waals surface area contributed by atoms with Crippen LogP contribution in [-0.4, -0.2) is 460 Å². The molecule has 0 atom stereocenters. The van der Waals surface area contributed by atoms with Crippen molar-refractivity contribution in [2.75, 3.05) is 329 Å². The van der Waals surface area contributed by atoms with Gasteiger partial charge in [-0.25, -0.2) is 33.5 Å². The van der Waals surface area contributed by atoms with Gasteiger partial charge in [0, 0.05) is 212 Å². The Labute approximate surface area is 727 Å². The SMILES string of the molecule is COC(=O)OCCC[Si]12OCCN(CCO1)CCO2.CSC(=S)NCCC[Si]12OCCN(CCO1)CCO2.O=C(NCCC[Si]12OCCN(CCO1)CCO2)OCCN(CCOC(=O)NCCC[Si]12OCCN(CCO1)CCO2)CCOC(=O)NCCC[Si]12OCCN(CCO1)CCO2.O=C(OCCC[Si]12OCCN(CCO1)CCO2)n1ccnc1. The number of carbonyl (C=O) groups excluding carboxylic acids is 5. The van der Waals surface area contributed by atoms with Gasteiger partial charge >= 0.3 is 83.4 Å². The molecule has 0 spiro atoms. The number of aromatic nitrogens is 2. The van der Waals surface area contributed by atoms with Gasteiger partial charge in [-0.3, -0.25) is 34.3 Å². The molecule has 18 fully saturated rings. The van der Waals surface area contributed by atoms with Crippen LogP contribution in [0.15, 0.2) is 18.7 Å². The number of carbonyl (C=O) groups is 5. The molecule has 19 heterocycles. The molecule has 692 valence electrons. The van der Waals surface area contributed by atoms with E-state index in [2.05, 4.69) is 60.4 Å². The summed E-state index contributed by atoms with van der Waals surface area (Å²) in [5.41, 5.74) is 0. The fraction of sp³-hybridized carbons (Fsp3) is 0.873. The van der Waals surface area contributed by atoms with Crippen LogP contribution in [0.1, 0.15) is 38.5 Å². The van der Waals surface area contributed by atoms with Crippen molar-refractivity contribution in [2.45, 2.75) is 74.8 Å². The fourth-order valence-electron chi connectivity index (χ4n) is 14.7. The van der Waals surface area contributed by atoms with E-state index >= 15 is 0 Å². The molecular weight excluding hydrogens is 1730 g/mol. The third kappa shape index (κ3) is 36.8. The van der Waals surface area contributed by atoms with E-state index in [4.69, 9.17) is 116 Å². The average molecular weight is 1870 g/mol. The molecule has 0 aromatic carbocycles. The highest BCUT2D eigenvalue weighted by Gasteiger charge is 2.49. The van der Waals surface area contributed by atoms with Gasteiger partial charge in [0.25, 0.3) is 0 Å². The van der Waals surface area contributed by atoms with E-state index in [-0.39, 0.29) is 19.8 Å². The van der Waals surface area contributed by atoms with Crippen molar-refractivity contribution in [3.8, 4) is 0 Å². The van der Waals surface area contributed by atoms with Gasteiger partial charge in [-0.2, -0.15) is 0 Å². The number of ether oxygens (including phenoxy) is 6. The van der Waals surface area contributed by atoms with Gasteiger partial charge < -0.3 is 129 Å². The lowest BCUT2D eigenvalue weighted by Crippen LogP contribution is -2.55. The average Bonchev–Trinajstić information content (AvgIpc) is 1.38. The monoisotopic (exact) mass is 1860 g/mol. The maximum Gasteiger partial charge on any atom is 0.507 e. The second-order valence-electron chi connectivity index (χ2n) is 29.9. The van der Waals surface area contributed by atoms with Crippen LogP contribution < -0.4 is 21.3 Å². The molecule has 50 heteroatoms. The number of hydrogen-bond acceptors (Lipinski definition) is 39. The Morgan fingerprint density at radius 1 is 0.355 bits per heavy atom. The Kier molecular flexibility index (Phi) is 45.4. The lowest BCUT2D eigenvalue weighted by atomic mass is 10.4. The number of methoxy groups -OCH3 is 1. The summed E-state index contributed by atoms with van der Waals surface area (Å²) in [4.78, 5) is 79.7. The molecule has 19 rings (SSSR count). The highest BCUT2D eigenvalue weighted by atomic mass is 32.2. The number of thioether (sulfide) groups is 1. The van der Waals surface area contributed by atoms with Crippen molar-refractivity contribution in [2.24, 2.45) is 0 Å². The number of imidazole rings is 1. The minimum absolute atomic E-state index is 0.0700. The topological polar surface area (TPSA) is 395 Å². The predicted octanol–water partition coefficient (Wildman–Crippen LogP) is 1.58. The van der Waals surface area contributed by atoms with Crippen molar-refractivity contribution in [1.29, 1.82) is 0 Å². The summed E-state index contributed by atoms with van der Waals surface area (Å²) < 4.78 is 141. The zero-order valence-electron chi connectivity index (χ0n) is 70.8. The molecule has 18 aliphatic rings. The van der Waals surface area contributed by atoms with Crippen molar-refractivity contribution in [1.82, 2.24) is 65.1 Å². The number of nitrogens with one attached hydrogen (secondary N) is 4. The first-order valence-corrected chi connectivity index (χ1v) is 56.3. The number of nitrogens with zero attached hydrogens (tertiary/aromatic N) is 9. The number of fused-ring (bicyclic) bond motifs is 36. The molecule has 0 saturated carbocycles. The first-order valence-electron chi connectivity index (χ1n) is 43.0. The van der Waals surface area contributed by atoms with Gasteiger partial charge in [0.05, 0.1) is 139 Å². The minimum atomic E-state index is -2.77. The van der Waals surface area contributed by atoms with E-state index in [0.29, 0.717) is 214 Å². The van der Waals surface area contributed by atoms with Crippen molar-refractivity contribution in [3.05, 3.63) is 18.7 Å². The Bertz CT molecular complexity index is 2790. The van der Waals surface area contributed by atoms with Gasteiger partial charge in [0.15, 0.2) is 0 Å². The standard InChI is InChI=1S/C36H69N7O15Si3.C13H21N3O5Si.C11H22N2O3S2Si.C11H21NO6Si/c44-34(37-4-1-31-59-50-22-10-41(11-23-51-59)12-24-52-59)47-19-7-40(8-20-48-35(45)38-5-2-32-60-53-25-13-42(14-26-54-60)15-27-55-60)9-21-49-36(46)39-6-3-33-61-56-28-16-43(17-29-57-61)18-30-58-61;17-13(16-3-2-14-12-16)18-7-1-11-22-19-8-4-15(5-9-20-22)6-10-21-22;1-18-11(17)12-3-2-10-19-14-7-4-13(5-8-15-19)6-9-16-19;1-14-11(13)15-6-2-10-19-16-7-3-12(4-8-17-19)5-9-18-19/h1-33H2,(H,37,44)(H,38,45)(H,39,46);2-3,12H,1,4-11H2;2-10H2,1H3,(H,12,17);2-10H2,1H3. The van der Waals surface area contributed by atoms with Crippen LogP contribution in [0, 0.1) is 0 Å². The fourth-order valence-corrected chi connectivity index (χ4v) is 30.0. The highest BCUT2D eigenvalue weighted by Crippen LogP contribution is 2.28. The Hall–Kier alpha value is -3.70. The normalized spacial score (nSPS) is 30.4. The van der Waals surface area contributed by atoms with Crippen molar-refractivity contribution in [3.63, 3.8) is 0 Å². The molecule has 42 nitrogen and oxygen atoms in total. The van der Waals surface area contributed by atoms with Crippen LogP contribution >= 0.6 is 24.0 Å². The lowest BCUT2D eigenvalue weighted by Gasteiger charge is -2.38.